The van der Waals surface area contributed by atoms with Crippen LogP contribution in [-0.4, -0.2) is 13.7 Å². The van der Waals surface area contributed by atoms with Crippen LogP contribution in [0.1, 0.15) is 29.7 Å². The van der Waals surface area contributed by atoms with E-state index in [2.05, 4.69) is 30.4 Å². The Hall–Kier alpha value is -0.860. The first kappa shape index (κ1) is 9.69. The quantitative estimate of drug-likeness (QED) is 0.772. The summed E-state index contributed by atoms with van der Waals surface area (Å²) in [6.45, 7) is 4.02. The van der Waals surface area contributed by atoms with Crippen LogP contribution in [0, 0.1) is 0 Å². The fraction of sp³-hybridized carbons (Fsp3) is 0.500. The van der Waals surface area contributed by atoms with Gasteiger partial charge in [0, 0.05) is 13.2 Å². The maximum absolute atomic E-state index is 5.13. The third-order valence-electron chi connectivity index (χ3n) is 2.83. The van der Waals surface area contributed by atoms with Gasteiger partial charge < -0.3 is 10.1 Å². The molecule has 1 aliphatic rings. The average molecular weight is 191 g/mol. The molecule has 0 radical (unpaired) electrons. The van der Waals surface area contributed by atoms with Crippen molar-refractivity contribution in [3.63, 3.8) is 0 Å². The summed E-state index contributed by atoms with van der Waals surface area (Å²) >= 11 is 0. The maximum Gasteiger partial charge on any atom is 0.0713 e. The van der Waals surface area contributed by atoms with Gasteiger partial charge in [0.25, 0.3) is 0 Å². The number of methoxy groups -OCH3 is 1. The fourth-order valence-electron chi connectivity index (χ4n) is 2.06. The second kappa shape index (κ2) is 4.11. The molecule has 1 aromatic rings. The zero-order valence-corrected chi connectivity index (χ0v) is 8.84. The third-order valence-corrected chi connectivity index (χ3v) is 2.83. The van der Waals surface area contributed by atoms with Gasteiger partial charge in [0.05, 0.1) is 6.61 Å². The van der Waals surface area contributed by atoms with E-state index in [1.165, 1.54) is 16.7 Å². The molecule has 76 valence electrons. The highest BCUT2D eigenvalue weighted by Gasteiger charge is 2.15. The Bertz CT molecular complexity index is 322. The minimum Gasteiger partial charge on any atom is -0.380 e. The van der Waals surface area contributed by atoms with Crippen LogP contribution in [0.3, 0.4) is 0 Å². The van der Waals surface area contributed by atoms with Crippen molar-refractivity contribution in [2.45, 2.75) is 26.0 Å². The molecule has 0 amide bonds. The molecule has 0 saturated heterocycles. The van der Waals surface area contributed by atoms with E-state index >= 15 is 0 Å². The van der Waals surface area contributed by atoms with E-state index in [9.17, 15) is 0 Å². The van der Waals surface area contributed by atoms with Gasteiger partial charge >= 0.3 is 0 Å². The molecule has 0 bridgehead atoms. The summed E-state index contributed by atoms with van der Waals surface area (Å²) in [5.74, 6) is 0. The van der Waals surface area contributed by atoms with E-state index in [-0.39, 0.29) is 0 Å². The number of rotatable bonds is 2. The van der Waals surface area contributed by atoms with Crippen molar-refractivity contribution in [3.8, 4) is 0 Å². The smallest absolute Gasteiger partial charge is 0.0713 e. The van der Waals surface area contributed by atoms with E-state index in [1.54, 1.807) is 7.11 Å². The van der Waals surface area contributed by atoms with Crippen molar-refractivity contribution < 1.29 is 4.74 Å². The summed E-state index contributed by atoms with van der Waals surface area (Å²) in [6, 6.07) is 7.15. The van der Waals surface area contributed by atoms with Gasteiger partial charge in [-0.3, -0.25) is 0 Å². The monoisotopic (exact) mass is 191 g/mol. The largest absolute Gasteiger partial charge is 0.380 e. The highest BCUT2D eigenvalue weighted by Crippen LogP contribution is 2.23. The zero-order chi connectivity index (χ0) is 9.97. The van der Waals surface area contributed by atoms with Gasteiger partial charge in [-0.05, 0) is 36.6 Å². The molecule has 0 aliphatic carbocycles. The third kappa shape index (κ3) is 1.81. The molecule has 2 heteroatoms. The summed E-state index contributed by atoms with van der Waals surface area (Å²) < 4.78 is 5.13. The van der Waals surface area contributed by atoms with Crippen molar-refractivity contribution in [2.75, 3.05) is 13.7 Å². The number of hydrogen-bond donors (Lipinski definition) is 1. The predicted octanol–water partition coefficient (Wildman–Crippen LogP) is 2.04. The van der Waals surface area contributed by atoms with Crippen molar-refractivity contribution in [3.05, 3.63) is 34.9 Å². The lowest BCUT2D eigenvalue weighted by Crippen LogP contribution is -2.27. The Morgan fingerprint density at radius 2 is 2.36 bits per heavy atom. The first-order valence-corrected chi connectivity index (χ1v) is 5.15. The average Bonchev–Trinajstić information content (AvgIpc) is 2.20. The Morgan fingerprint density at radius 3 is 3.14 bits per heavy atom. The van der Waals surface area contributed by atoms with Crippen LogP contribution in [0.2, 0.25) is 0 Å². The van der Waals surface area contributed by atoms with E-state index in [0.29, 0.717) is 12.6 Å². The Kier molecular flexibility index (Phi) is 2.85. The molecule has 1 aromatic carbocycles. The fourth-order valence-corrected chi connectivity index (χ4v) is 2.06. The number of hydrogen-bond acceptors (Lipinski definition) is 2. The normalized spacial score (nSPS) is 20.6. The van der Waals surface area contributed by atoms with Gasteiger partial charge in [0.1, 0.15) is 0 Å². The van der Waals surface area contributed by atoms with Crippen LogP contribution in [-0.2, 0) is 17.8 Å². The molecule has 1 N–H and O–H groups in total. The number of fused-ring (bicyclic) bond motifs is 1. The Labute approximate surface area is 85.3 Å². The van der Waals surface area contributed by atoms with Gasteiger partial charge in [-0.15, -0.1) is 0 Å². The van der Waals surface area contributed by atoms with Crippen molar-refractivity contribution in [2.24, 2.45) is 0 Å². The van der Waals surface area contributed by atoms with Crippen LogP contribution in [0.15, 0.2) is 18.2 Å². The topological polar surface area (TPSA) is 21.3 Å². The highest BCUT2D eigenvalue weighted by molar-refractivity contribution is 5.35. The van der Waals surface area contributed by atoms with E-state index in [1.807, 2.05) is 0 Å². The van der Waals surface area contributed by atoms with Crippen LogP contribution in [0.5, 0.6) is 0 Å². The maximum atomic E-state index is 5.13. The summed E-state index contributed by atoms with van der Waals surface area (Å²) in [5.41, 5.74) is 4.18. The van der Waals surface area contributed by atoms with Gasteiger partial charge in [0.2, 0.25) is 0 Å². The number of nitrogens with one attached hydrogen (secondary N) is 1. The van der Waals surface area contributed by atoms with Crippen LogP contribution in [0.25, 0.3) is 0 Å². The first-order valence-electron chi connectivity index (χ1n) is 5.15. The van der Waals surface area contributed by atoms with Crippen LogP contribution < -0.4 is 5.32 Å². The Balaban J connectivity index is 2.31. The zero-order valence-electron chi connectivity index (χ0n) is 8.84. The van der Waals surface area contributed by atoms with Crippen molar-refractivity contribution in [1.82, 2.24) is 5.32 Å². The highest BCUT2D eigenvalue weighted by atomic mass is 16.5. The SMILES string of the molecule is COCc1ccc2c(c1)C(C)NCC2. The van der Waals surface area contributed by atoms with Gasteiger partial charge in [-0.25, -0.2) is 0 Å². The molecule has 1 aliphatic heterocycles. The standard InChI is InChI=1S/C12H17NO/c1-9-12-7-10(8-14-2)3-4-11(12)5-6-13-9/h3-4,7,9,13H,5-6,8H2,1-2H3. The summed E-state index contributed by atoms with van der Waals surface area (Å²) in [7, 11) is 1.74. The first-order chi connectivity index (χ1) is 6.81. The molecule has 0 saturated carbocycles. The molecule has 0 spiro atoms. The predicted molar refractivity (Wildman–Crippen MR) is 57.3 cm³/mol. The number of benzene rings is 1. The summed E-state index contributed by atoms with van der Waals surface area (Å²) in [6.07, 6.45) is 1.15. The molecule has 0 aromatic heterocycles. The van der Waals surface area contributed by atoms with Crippen molar-refractivity contribution in [1.29, 1.82) is 0 Å². The van der Waals surface area contributed by atoms with Gasteiger partial charge in [-0.1, -0.05) is 18.2 Å². The lowest BCUT2D eigenvalue weighted by atomic mass is 9.93. The summed E-state index contributed by atoms with van der Waals surface area (Å²) in [4.78, 5) is 0. The summed E-state index contributed by atoms with van der Waals surface area (Å²) in [5, 5.41) is 3.47. The molecule has 14 heavy (non-hydrogen) atoms. The molecule has 2 rings (SSSR count). The minimum absolute atomic E-state index is 0.482. The molecule has 1 heterocycles. The second-order valence-electron chi connectivity index (χ2n) is 3.89. The molecule has 1 unspecified atom stereocenters. The molecule has 1 atom stereocenters. The van der Waals surface area contributed by atoms with Crippen LogP contribution >= 0.6 is 0 Å². The number of ether oxygens (including phenoxy) is 1. The molecule has 0 fully saturated rings. The molecular weight excluding hydrogens is 174 g/mol. The van der Waals surface area contributed by atoms with Crippen LogP contribution in [0.4, 0.5) is 0 Å². The van der Waals surface area contributed by atoms with E-state index in [0.717, 1.165) is 13.0 Å². The second-order valence-corrected chi connectivity index (χ2v) is 3.89. The van der Waals surface area contributed by atoms with E-state index < -0.39 is 0 Å². The molecular formula is C12H17NO. The minimum atomic E-state index is 0.482. The van der Waals surface area contributed by atoms with E-state index in [4.69, 9.17) is 4.74 Å². The van der Waals surface area contributed by atoms with Crippen molar-refractivity contribution >= 4 is 0 Å². The van der Waals surface area contributed by atoms with Gasteiger partial charge in [-0.2, -0.15) is 0 Å². The molecule has 2 nitrogen and oxygen atoms in total. The Morgan fingerprint density at radius 1 is 1.50 bits per heavy atom. The lowest BCUT2D eigenvalue weighted by molar-refractivity contribution is 0.184. The van der Waals surface area contributed by atoms with Gasteiger partial charge in [0.15, 0.2) is 0 Å². The lowest BCUT2D eigenvalue weighted by Gasteiger charge is -2.24.